The van der Waals surface area contributed by atoms with Gasteiger partial charge in [0.2, 0.25) is 5.91 Å². The molecule has 0 saturated carbocycles. The van der Waals surface area contributed by atoms with E-state index in [-0.39, 0.29) is 24.2 Å². The van der Waals surface area contributed by atoms with Gasteiger partial charge in [0.05, 0.1) is 17.6 Å². The number of rotatable bonds is 5. The van der Waals surface area contributed by atoms with Crippen molar-refractivity contribution in [3.05, 3.63) is 82.5 Å². The quantitative estimate of drug-likeness (QED) is 0.549. The largest absolute Gasteiger partial charge is 0.324 e. The van der Waals surface area contributed by atoms with Crippen LogP contribution in [0.15, 0.2) is 59.5 Å². The molecular weight excluding hydrogens is 392 g/mol. The number of aromatic nitrogens is 4. The number of carbonyl (C=O) groups is 1. The lowest BCUT2D eigenvalue weighted by Gasteiger charge is -2.11. The molecule has 2 aromatic carbocycles. The first-order valence-electron chi connectivity index (χ1n) is 9.19. The lowest BCUT2D eigenvalue weighted by molar-refractivity contribution is -0.116. The Bertz CT molecular complexity index is 1300. The molecule has 0 fully saturated rings. The molecule has 2 heterocycles. The molecular formula is C21H17F2N5O2. The maximum absolute atomic E-state index is 13.7. The third kappa shape index (κ3) is 3.69. The van der Waals surface area contributed by atoms with E-state index < -0.39 is 17.5 Å². The Morgan fingerprint density at radius 3 is 2.63 bits per heavy atom. The molecule has 2 aromatic heterocycles. The number of amides is 1. The van der Waals surface area contributed by atoms with Crippen LogP contribution in [0, 0.1) is 18.6 Å². The van der Waals surface area contributed by atoms with Crippen LogP contribution >= 0.6 is 0 Å². The van der Waals surface area contributed by atoms with E-state index in [1.165, 1.54) is 10.8 Å². The summed E-state index contributed by atoms with van der Waals surface area (Å²) in [6.07, 6.45) is 1.36. The normalized spacial score (nSPS) is 11.0. The highest BCUT2D eigenvalue weighted by atomic mass is 19.1. The van der Waals surface area contributed by atoms with Crippen LogP contribution in [-0.2, 0) is 11.3 Å². The van der Waals surface area contributed by atoms with Crippen LogP contribution in [0.25, 0.3) is 16.7 Å². The molecule has 0 unspecified atom stereocenters. The van der Waals surface area contributed by atoms with Gasteiger partial charge >= 0.3 is 0 Å². The Labute approximate surface area is 169 Å². The van der Waals surface area contributed by atoms with Crippen molar-refractivity contribution < 1.29 is 13.6 Å². The van der Waals surface area contributed by atoms with E-state index in [0.29, 0.717) is 22.9 Å². The van der Waals surface area contributed by atoms with Gasteiger partial charge in [0.1, 0.15) is 22.8 Å². The second kappa shape index (κ2) is 7.86. The number of nitrogens with one attached hydrogen (secondary N) is 1. The third-order valence-corrected chi connectivity index (χ3v) is 4.65. The maximum Gasteiger partial charge on any atom is 0.264 e. The number of carbonyl (C=O) groups excluding carboxylic acids is 1. The van der Waals surface area contributed by atoms with Gasteiger partial charge in [-0.15, -0.1) is 0 Å². The summed E-state index contributed by atoms with van der Waals surface area (Å²) >= 11 is 0. The number of halogens is 2. The van der Waals surface area contributed by atoms with Crippen molar-refractivity contribution in [2.75, 3.05) is 5.32 Å². The van der Waals surface area contributed by atoms with E-state index in [1.54, 1.807) is 11.6 Å². The number of para-hydroxylation sites is 1. The summed E-state index contributed by atoms with van der Waals surface area (Å²) < 4.78 is 29.6. The zero-order valence-electron chi connectivity index (χ0n) is 16.0. The van der Waals surface area contributed by atoms with Crippen LogP contribution in [0.5, 0.6) is 0 Å². The van der Waals surface area contributed by atoms with E-state index in [2.05, 4.69) is 15.4 Å². The summed E-state index contributed by atoms with van der Waals surface area (Å²) in [5, 5.41) is 6.97. The lowest BCUT2D eigenvalue weighted by atomic mass is 10.2. The van der Waals surface area contributed by atoms with E-state index in [4.69, 9.17) is 0 Å². The van der Waals surface area contributed by atoms with E-state index in [0.717, 1.165) is 17.8 Å². The Morgan fingerprint density at radius 2 is 1.90 bits per heavy atom. The number of hydrogen-bond donors (Lipinski definition) is 1. The highest BCUT2D eigenvalue weighted by Gasteiger charge is 2.15. The molecule has 0 aliphatic rings. The van der Waals surface area contributed by atoms with Gasteiger partial charge < -0.3 is 5.32 Å². The number of benzene rings is 2. The average molecular weight is 409 g/mol. The Balaban J connectivity index is 1.56. The minimum absolute atomic E-state index is 0.0543. The minimum Gasteiger partial charge on any atom is -0.324 e. The van der Waals surface area contributed by atoms with Crippen LogP contribution in [0.1, 0.15) is 12.2 Å². The van der Waals surface area contributed by atoms with Crippen molar-refractivity contribution in [1.82, 2.24) is 19.3 Å². The molecule has 4 aromatic rings. The van der Waals surface area contributed by atoms with Crippen molar-refractivity contribution in [1.29, 1.82) is 0 Å². The van der Waals surface area contributed by atoms with Crippen molar-refractivity contribution in [2.24, 2.45) is 0 Å². The van der Waals surface area contributed by atoms with Gasteiger partial charge in [-0.25, -0.2) is 18.4 Å². The van der Waals surface area contributed by atoms with Gasteiger partial charge in [-0.05, 0) is 31.2 Å². The first kappa shape index (κ1) is 19.4. The Hall–Kier alpha value is -3.88. The molecule has 1 amide bonds. The maximum atomic E-state index is 13.7. The summed E-state index contributed by atoms with van der Waals surface area (Å²) in [6.45, 7) is 1.72. The molecule has 0 bridgehead atoms. The predicted molar refractivity (Wildman–Crippen MR) is 107 cm³/mol. The second-order valence-corrected chi connectivity index (χ2v) is 6.67. The van der Waals surface area contributed by atoms with Gasteiger partial charge in [-0.2, -0.15) is 5.10 Å². The third-order valence-electron chi connectivity index (χ3n) is 4.65. The van der Waals surface area contributed by atoms with Gasteiger partial charge in [0, 0.05) is 19.0 Å². The zero-order chi connectivity index (χ0) is 21.3. The van der Waals surface area contributed by atoms with Crippen LogP contribution in [-0.4, -0.2) is 25.2 Å². The SMILES string of the molecule is Cc1nc2c(cnn2-c2ccccc2)c(=O)n1CCC(=O)Nc1ccc(F)cc1F. The summed E-state index contributed by atoms with van der Waals surface area (Å²) in [5.74, 6) is -1.69. The van der Waals surface area contributed by atoms with Gasteiger partial charge in [-0.3, -0.25) is 14.2 Å². The molecule has 0 atom stereocenters. The number of nitrogens with zero attached hydrogens (tertiary/aromatic N) is 4. The Kier molecular flexibility index (Phi) is 5.09. The lowest BCUT2D eigenvalue weighted by Crippen LogP contribution is -2.26. The van der Waals surface area contributed by atoms with Crippen LogP contribution in [0.3, 0.4) is 0 Å². The number of aryl methyl sites for hydroxylation is 1. The van der Waals surface area contributed by atoms with E-state index in [1.807, 2.05) is 30.3 Å². The first-order chi connectivity index (χ1) is 14.4. The summed E-state index contributed by atoms with van der Waals surface area (Å²) in [5.41, 5.74) is 0.763. The summed E-state index contributed by atoms with van der Waals surface area (Å²) in [4.78, 5) is 29.6. The number of fused-ring (bicyclic) bond motifs is 1. The van der Waals surface area contributed by atoms with Gasteiger partial charge in [-0.1, -0.05) is 18.2 Å². The fourth-order valence-electron chi connectivity index (χ4n) is 3.14. The fraction of sp³-hybridized carbons (Fsp3) is 0.143. The van der Waals surface area contributed by atoms with Crippen molar-refractivity contribution in [3.8, 4) is 5.69 Å². The monoisotopic (exact) mass is 409 g/mol. The van der Waals surface area contributed by atoms with Crippen LogP contribution in [0.4, 0.5) is 14.5 Å². The smallest absolute Gasteiger partial charge is 0.264 e. The number of anilines is 1. The molecule has 7 nitrogen and oxygen atoms in total. The average Bonchev–Trinajstić information content (AvgIpc) is 3.14. The Morgan fingerprint density at radius 1 is 1.13 bits per heavy atom. The standard InChI is InChI=1S/C21H17F2N5O2/c1-13-25-20-16(12-24-28(20)15-5-3-2-4-6-15)21(30)27(13)10-9-19(29)26-18-8-7-14(22)11-17(18)23/h2-8,11-12H,9-10H2,1H3,(H,26,29). The minimum atomic E-state index is -0.867. The molecule has 0 saturated heterocycles. The molecule has 152 valence electrons. The molecule has 0 aliphatic heterocycles. The molecule has 1 N–H and O–H groups in total. The van der Waals surface area contributed by atoms with Crippen LogP contribution in [0.2, 0.25) is 0 Å². The second-order valence-electron chi connectivity index (χ2n) is 6.67. The predicted octanol–water partition coefficient (Wildman–Crippen LogP) is 3.20. The van der Waals surface area contributed by atoms with Gasteiger partial charge in [0.25, 0.3) is 5.56 Å². The highest BCUT2D eigenvalue weighted by Crippen LogP contribution is 2.16. The summed E-state index contributed by atoms with van der Waals surface area (Å²) in [6, 6.07) is 12.2. The van der Waals surface area contributed by atoms with Gasteiger partial charge in [0.15, 0.2) is 5.65 Å². The van der Waals surface area contributed by atoms with Crippen molar-refractivity contribution in [2.45, 2.75) is 19.9 Å². The zero-order valence-corrected chi connectivity index (χ0v) is 16.0. The molecule has 0 radical (unpaired) electrons. The molecule has 0 spiro atoms. The van der Waals surface area contributed by atoms with Crippen LogP contribution < -0.4 is 10.9 Å². The topological polar surface area (TPSA) is 81.8 Å². The number of hydrogen-bond acceptors (Lipinski definition) is 4. The summed E-state index contributed by atoms with van der Waals surface area (Å²) in [7, 11) is 0. The molecule has 9 heteroatoms. The molecule has 30 heavy (non-hydrogen) atoms. The highest BCUT2D eigenvalue weighted by molar-refractivity contribution is 5.90. The molecule has 4 rings (SSSR count). The fourth-order valence-corrected chi connectivity index (χ4v) is 3.14. The van der Waals surface area contributed by atoms with E-state index >= 15 is 0 Å². The first-order valence-corrected chi connectivity index (χ1v) is 9.19. The van der Waals surface area contributed by atoms with Crippen molar-refractivity contribution >= 4 is 22.6 Å². The van der Waals surface area contributed by atoms with E-state index in [9.17, 15) is 18.4 Å². The van der Waals surface area contributed by atoms with Crippen molar-refractivity contribution in [3.63, 3.8) is 0 Å². The molecule has 0 aliphatic carbocycles.